The molecule has 1 atom stereocenters. The van der Waals surface area contributed by atoms with E-state index in [-0.39, 0.29) is 17.9 Å². The second kappa shape index (κ2) is 8.80. The van der Waals surface area contributed by atoms with Crippen LogP contribution in [0.3, 0.4) is 0 Å². The zero-order valence-electron chi connectivity index (χ0n) is 15.4. The lowest BCUT2D eigenvalue weighted by molar-refractivity contribution is -0.149. The van der Waals surface area contributed by atoms with Crippen molar-refractivity contribution < 1.29 is 24.2 Å². The number of hydrogen-bond donors (Lipinski definition) is 1. The fraction of sp³-hybridized carbons (Fsp3) is 0.190. The summed E-state index contributed by atoms with van der Waals surface area (Å²) >= 11 is 9.24. The van der Waals surface area contributed by atoms with Gasteiger partial charge >= 0.3 is 5.97 Å². The van der Waals surface area contributed by atoms with Gasteiger partial charge in [-0.2, -0.15) is 0 Å². The van der Waals surface area contributed by atoms with E-state index in [1.54, 1.807) is 55.5 Å². The number of aliphatic hydroxyl groups is 1. The molecule has 1 amide bonds. The molecular weight excluding hydrogens is 462 g/mol. The molecule has 0 aromatic heterocycles. The van der Waals surface area contributed by atoms with Crippen molar-refractivity contribution >= 4 is 50.9 Å². The number of halogens is 2. The van der Waals surface area contributed by atoms with Gasteiger partial charge in [0.05, 0.1) is 18.2 Å². The first kappa shape index (κ1) is 21.1. The van der Waals surface area contributed by atoms with Gasteiger partial charge in [0.15, 0.2) is 0 Å². The standard InChI is InChI=1S/C21H17BrClNO5/c1-2-29-16(25)11-24-18(12-3-7-14(22)8-4-12)17(20(27)21(24)28)19(26)13-5-9-15(23)10-6-13/h3-10,18,26H,2,11H2,1H3/b19-17-. The number of ether oxygens (including phenoxy) is 1. The van der Waals surface area contributed by atoms with E-state index in [1.807, 2.05) is 0 Å². The zero-order valence-corrected chi connectivity index (χ0v) is 17.7. The number of Topliss-reactive ketones (excluding diaryl/α,β-unsaturated/α-hetero) is 1. The molecule has 1 aliphatic rings. The molecule has 3 rings (SSSR count). The number of carbonyl (C=O) groups excluding carboxylic acids is 3. The first-order chi connectivity index (χ1) is 13.8. The first-order valence-electron chi connectivity index (χ1n) is 8.79. The average Bonchev–Trinajstić information content (AvgIpc) is 2.94. The van der Waals surface area contributed by atoms with Crippen LogP contribution in [0.2, 0.25) is 5.02 Å². The third-order valence-corrected chi connectivity index (χ3v) is 5.23. The van der Waals surface area contributed by atoms with Gasteiger partial charge in [0, 0.05) is 15.1 Å². The second-order valence-corrected chi connectivity index (χ2v) is 7.64. The van der Waals surface area contributed by atoms with E-state index in [0.29, 0.717) is 16.1 Å². The highest BCUT2D eigenvalue weighted by Crippen LogP contribution is 2.39. The number of nitrogens with zero attached hydrogens (tertiary/aromatic N) is 1. The minimum Gasteiger partial charge on any atom is -0.507 e. The van der Waals surface area contributed by atoms with E-state index in [2.05, 4.69) is 15.9 Å². The molecule has 1 aliphatic heterocycles. The summed E-state index contributed by atoms with van der Waals surface area (Å²) in [5.74, 6) is -2.71. The van der Waals surface area contributed by atoms with Crippen molar-refractivity contribution in [3.8, 4) is 0 Å². The summed E-state index contributed by atoms with van der Waals surface area (Å²) in [6, 6.07) is 12.2. The van der Waals surface area contributed by atoms with E-state index < -0.39 is 30.2 Å². The molecule has 29 heavy (non-hydrogen) atoms. The van der Waals surface area contributed by atoms with Crippen LogP contribution in [0.15, 0.2) is 58.6 Å². The summed E-state index contributed by atoms with van der Waals surface area (Å²) in [6.07, 6.45) is 0. The summed E-state index contributed by atoms with van der Waals surface area (Å²) in [5.41, 5.74) is 0.821. The predicted octanol–water partition coefficient (Wildman–Crippen LogP) is 4.09. The molecule has 1 saturated heterocycles. The number of ketones is 1. The molecule has 2 aromatic rings. The first-order valence-corrected chi connectivity index (χ1v) is 9.96. The monoisotopic (exact) mass is 477 g/mol. The van der Waals surface area contributed by atoms with Gasteiger partial charge in [0.1, 0.15) is 12.3 Å². The predicted molar refractivity (Wildman–Crippen MR) is 111 cm³/mol. The minimum absolute atomic E-state index is 0.0936. The molecule has 150 valence electrons. The topological polar surface area (TPSA) is 83.9 Å². The number of hydrogen-bond acceptors (Lipinski definition) is 5. The number of benzene rings is 2. The SMILES string of the molecule is CCOC(=O)CN1C(=O)C(=O)/C(=C(\O)c2ccc(Cl)cc2)C1c1ccc(Br)cc1. The van der Waals surface area contributed by atoms with Gasteiger partial charge < -0.3 is 14.7 Å². The van der Waals surface area contributed by atoms with Crippen molar-refractivity contribution in [3.63, 3.8) is 0 Å². The average molecular weight is 479 g/mol. The van der Waals surface area contributed by atoms with E-state index in [4.69, 9.17) is 16.3 Å². The molecule has 0 bridgehead atoms. The maximum atomic E-state index is 12.8. The van der Waals surface area contributed by atoms with Gasteiger partial charge in [-0.1, -0.05) is 39.7 Å². The van der Waals surface area contributed by atoms with Crippen molar-refractivity contribution in [2.24, 2.45) is 0 Å². The molecule has 8 heteroatoms. The van der Waals surface area contributed by atoms with Crippen LogP contribution in [0.5, 0.6) is 0 Å². The Labute approximate surface area is 180 Å². The molecule has 1 fully saturated rings. The lowest BCUT2D eigenvalue weighted by Gasteiger charge is -2.24. The van der Waals surface area contributed by atoms with Gasteiger partial charge in [-0.3, -0.25) is 14.4 Å². The third-order valence-electron chi connectivity index (χ3n) is 4.45. The van der Waals surface area contributed by atoms with Crippen LogP contribution >= 0.6 is 27.5 Å². The van der Waals surface area contributed by atoms with Crippen LogP contribution in [-0.2, 0) is 19.1 Å². The molecule has 1 unspecified atom stereocenters. The Balaban J connectivity index is 2.14. The summed E-state index contributed by atoms with van der Waals surface area (Å²) in [5, 5.41) is 11.3. The highest BCUT2D eigenvalue weighted by molar-refractivity contribution is 9.10. The Morgan fingerprint density at radius 1 is 1.14 bits per heavy atom. The highest BCUT2D eigenvalue weighted by atomic mass is 79.9. The maximum Gasteiger partial charge on any atom is 0.325 e. The quantitative estimate of drug-likeness (QED) is 0.303. The lowest BCUT2D eigenvalue weighted by Crippen LogP contribution is -2.35. The van der Waals surface area contributed by atoms with E-state index >= 15 is 0 Å². The van der Waals surface area contributed by atoms with Crippen LogP contribution in [0, 0.1) is 0 Å². The largest absolute Gasteiger partial charge is 0.507 e. The highest BCUT2D eigenvalue weighted by Gasteiger charge is 2.46. The number of amides is 1. The fourth-order valence-corrected chi connectivity index (χ4v) is 3.53. The van der Waals surface area contributed by atoms with E-state index in [9.17, 15) is 19.5 Å². The summed E-state index contributed by atoms with van der Waals surface area (Å²) < 4.78 is 5.75. The van der Waals surface area contributed by atoms with Crippen LogP contribution in [0.1, 0.15) is 24.1 Å². The number of esters is 1. The molecule has 0 saturated carbocycles. The fourth-order valence-electron chi connectivity index (χ4n) is 3.14. The van der Waals surface area contributed by atoms with Crippen LogP contribution in [-0.4, -0.2) is 40.8 Å². The van der Waals surface area contributed by atoms with E-state index in [0.717, 1.165) is 9.37 Å². The van der Waals surface area contributed by atoms with Gasteiger partial charge in [0.25, 0.3) is 11.7 Å². The Hall–Kier alpha value is -2.64. The summed E-state index contributed by atoms with van der Waals surface area (Å²) in [6.45, 7) is 1.39. The minimum atomic E-state index is -0.928. The molecule has 1 N–H and O–H groups in total. The summed E-state index contributed by atoms with van der Waals surface area (Å²) in [4.78, 5) is 38.6. The smallest absolute Gasteiger partial charge is 0.325 e. The molecule has 1 heterocycles. The third kappa shape index (κ3) is 4.36. The summed E-state index contributed by atoms with van der Waals surface area (Å²) in [7, 11) is 0. The van der Waals surface area contributed by atoms with Gasteiger partial charge in [-0.05, 0) is 48.9 Å². The number of aliphatic hydroxyl groups excluding tert-OH is 1. The molecule has 0 radical (unpaired) electrons. The maximum absolute atomic E-state index is 12.8. The molecule has 0 spiro atoms. The van der Waals surface area contributed by atoms with Crippen LogP contribution in [0.25, 0.3) is 5.76 Å². The molecular formula is C21H17BrClNO5. The van der Waals surface area contributed by atoms with Crippen molar-refractivity contribution in [2.45, 2.75) is 13.0 Å². The molecule has 2 aromatic carbocycles. The Kier molecular flexibility index (Phi) is 6.39. The van der Waals surface area contributed by atoms with Crippen LogP contribution < -0.4 is 0 Å². The van der Waals surface area contributed by atoms with Crippen molar-refractivity contribution in [2.75, 3.05) is 13.2 Å². The van der Waals surface area contributed by atoms with Gasteiger partial charge in [0.2, 0.25) is 0 Å². The number of likely N-dealkylation sites (tertiary alicyclic amines) is 1. The zero-order chi connectivity index (χ0) is 21.1. The van der Waals surface area contributed by atoms with Crippen molar-refractivity contribution in [1.29, 1.82) is 0 Å². The Bertz CT molecular complexity index is 985. The molecule has 0 aliphatic carbocycles. The van der Waals surface area contributed by atoms with Crippen molar-refractivity contribution in [1.82, 2.24) is 4.90 Å². The Morgan fingerprint density at radius 2 is 1.76 bits per heavy atom. The van der Waals surface area contributed by atoms with Crippen LogP contribution in [0.4, 0.5) is 0 Å². The number of rotatable bonds is 5. The normalized spacial score (nSPS) is 18.2. The van der Waals surface area contributed by atoms with Gasteiger partial charge in [-0.15, -0.1) is 0 Å². The van der Waals surface area contributed by atoms with Gasteiger partial charge in [-0.25, -0.2) is 0 Å². The van der Waals surface area contributed by atoms with E-state index in [1.165, 1.54) is 0 Å². The van der Waals surface area contributed by atoms with Crippen molar-refractivity contribution in [3.05, 3.63) is 74.7 Å². The molecule has 6 nitrogen and oxygen atoms in total. The number of carbonyl (C=O) groups is 3. The Morgan fingerprint density at radius 3 is 2.34 bits per heavy atom. The lowest BCUT2D eigenvalue weighted by atomic mass is 9.95. The second-order valence-electron chi connectivity index (χ2n) is 6.29.